The molecule has 2 aromatic heterocycles. The number of nitrogens with one attached hydrogen (secondary N) is 1. The number of nitrogens with zero attached hydrogens (tertiary/aromatic N) is 3. The molecular weight excluding hydrogens is 504 g/mol. The molecule has 2 heterocycles. The predicted octanol–water partition coefficient (Wildman–Crippen LogP) is 4.84. The first-order chi connectivity index (χ1) is 16.7. The molecule has 8 nitrogen and oxygen atoms in total. The number of hydrogen-bond donors (Lipinski definition) is 1. The Balaban J connectivity index is 1.73. The quantitative estimate of drug-likeness (QED) is 0.363. The summed E-state index contributed by atoms with van der Waals surface area (Å²) in [7, 11) is -3.61. The zero-order valence-electron chi connectivity index (χ0n) is 19.3. The second-order valence-corrected chi connectivity index (χ2v) is 10.8. The molecule has 1 fully saturated rings. The lowest BCUT2D eigenvalue weighted by atomic mass is 10.0. The Bertz CT molecular complexity index is 1470. The lowest BCUT2D eigenvalue weighted by molar-refractivity contribution is -0.142. The highest BCUT2D eigenvalue weighted by Gasteiger charge is 2.42. The van der Waals surface area contributed by atoms with Gasteiger partial charge in [0.2, 0.25) is 11.8 Å². The van der Waals surface area contributed by atoms with Crippen LogP contribution in [0.15, 0.2) is 41.3 Å². The Morgan fingerprint density at radius 3 is 2.42 bits per heavy atom. The fraction of sp³-hybridized carbons (Fsp3) is 0.304. The number of anilines is 1. The van der Waals surface area contributed by atoms with Crippen molar-refractivity contribution in [2.24, 2.45) is 0 Å². The maximum atomic E-state index is 14.6. The van der Waals surface area contributed by atoms with Gasteiger partial charge in [0, 0.05) is 23.6 Å². The van der Waals surface area contributed by atoms with Crippen molar-refractivity contribution in [3.05, 3.63) is 64.7 Å². The standard InChI is InChI=1S/C23H20F4N4O4S/c1-12-17(20(32)28-13-5-4-6-14(11-13)36(3,33)34)21(31-30-18(12)23(25,26)27)35-16-8-7-15(19(24)29-16)22(2)9-10-22/h4-8,11H,9-10H2,1-3H3,(H,28,32). The minimum atomic E-state index is -4.92. The van der Waals surface area contributed by atoms with E-state index in [0.29, 0.717) is 5.56 Å². The molecule has 1 saturated carbocycles. The number of pyridine rings is 1. The maximum Gasteiger partial charge on any atom is 0.435 e. The van der Waals surface area contributed by atoms with Crippen molar-refractivity contribution in [3.63, 3.8) is 0 Å². The SMILES string of the molecule is Cc1c(C(F)(F)F)nnc(Oc2ccc(C3(C)CC3)c(F)n2)c1C(=O)Nc1cccc(S(C)(=O)=O)c1. The number of carbonyl (C=O) groups excluding carboxylic acids is 1. The summed E-state index contributed by atoms with van der Waals surface area (Å²) >= 11 is 0. The summed E-state index contributed by atoms with van der Waals surface area (Å²) in [5.74, 6) is -2.83. The molecule has 0 radical (unpaired) electrons. The van der Waals surface area contributed by atoms with Gasteiger partial charge in [-0.25, -0.2) is 8.42 Å². The van der Waals surface area contributed by atoms with Crippen LogP contribution in [-0.4, -0.2) is 35.8 Å². The Morgan fingerprint density at radius 2 is 1.83 bits per heavy atom. The first kappa shape index (κ1) is 25.5. The van der Waals surface area contributed by atoms with Crippen LogP contribution in [0.3, 0.4) is 0 Å². The van der Waals surface area contributed by atoms with Crippen molar-refractivity contribution in [3.8, 4) is 11.8 Å². The summed E-state index contributed by atoms with van der Waals surface area (Å²) in [6.45, 7) is 2.89. The van der Waals surface area contributed by atoms with Gasteiger partial charge in [0.05, 0.1) is 4.90 Å². The molecule has 1 N–H and O–H groups in total. The van der Waals surface area contributed by atoms with Crippen LogP contribution in [0.1, 0.15) is 46.9 Å². The van der Waals surface area contributed by atoms with E-state index in [-0.39, 0.29) is 21.9 Å². The minimum absolute atomic E-state index is 0.00449. The van der Waals surface area contributed by atoms with Gasteiger partial charge >= 0.3 is 6.18 Å². The van der Waals surface area contributed by atoms with Gasteiger partial charge in [-0.1, -0.05) is 13.0 Å². The molecule has 0 aliphatic heterocycles. The number of carbonyl (C=O) groups is 1. The largest absolute Gasteiger partial charge is 0.435 e. The van der Waals surface area contributed by atoms with E-state index in [0.717, 1.165) is 32.1 Å². The van der Waals surface area contributed by atoms with Gasteiger partial charge in [-0.05, 0) is 55.0 Å². The average molecular weight is 524 g/mol. The van der Waals surface area contributed by atoms with Crippen molar-refractivity contribution < 1.29 is 35.5 Å². The van der Waals surface area contributed by atoms with Crippen LogP contribution in [0.5, 0.6) is 11.8 Å². The molecule has 36 heavy (non-hydrogen) atoms. The third kappa shape index (κ3) is 5.15. The van der Waals surface area contributed by atoms with Gasteiger partial charge in [0.15, 0.2) is 15.5 Å². The minimum Gasteiger partial charge on any atom is -0.418 e. The lowest BCUT2D eigenvalue weighted by Gasteiger charge is -2.16. The number of amides is 1. The third-order valence-electron chi connectivity index (χ3n) is 5.88. The van der Waals surface area contributed by atoms with Crippen LogP contribution in [0.2, 0.25) is 0 Å². The van der Waals surface area contributed by atoms with E-state index in [4.69, 9.17) is 4.74 Å². The van der Waals surface area contributed by atoms with E-state index in [2.05, 4.69) is 20.5 Å². The van der Waals surface area contributed by atoms with Crippen molar-refractivity contribution in [2.75, 3.05) is 11.6 Å². The molecule has 1 aromatic carbocycles. The molecule has 0 atom stereocenters. The molecule has 1 amide bonds. The van der Waals surface area contributed by atoms with Crippen molar-refractivity contribution in [2.45, 2.75) is 43.2 Å². The molecule has 190 valence electrons. The average Bonchev–Trinajstić information content (AvgIpc) is 3.50. The highest BCUT2D eigenvalue weighted by molar-refractivity contribution is 7.90. The van der Waals surface area contributed by atoms with Crippen molar-refractivity contribution >= 4 is 21.4 Å². The van der Waals surface area contributed by atoms with E-state index < -0.39 is 50.6 Å². The number of benzene rings is 1. The first-order valence-corrected chi connectivity index (χ1v) is 12.5. The summed E-state index contributed by atoms with van der Waals surface area (Å²) in [5.41, 5.74) is -2.57. The molecule has 13 heteroatoms. The molecule has 3 aromatic rings. The summed E-state index contributed by atoms with van der Waals surface area (Å²) in [4.78, 5) is 16.7. The summed E-state index contributed by atoms with van der Waals surface area (Å²) in [5, 5.41) is 8.93. The zero-order chi connectivity index (χ0) is 26.5. The third-order valence-corrected chi connectivity index (χ3v) is 6.99. The van der Waals surface area contributed by atoms with Crippen molar-refractivity contribution in [1.29, 1.82) is 0 Å². The smallest absolute Gasteiger partial charge is 0.418 e. The van der Waals surface area contributed by atoms with Gasteiger partial charge in [-0.2, -0.15) is 22.5 Å². The molecule has 0 bridgehead atoms. The van der Waals surface area contributed by atoms with Crippen molar-refractivity contribution in [1.82, 2.24) is 15.2 Å². The summed E-state index contributed by atoms with van der Waals surface area (Å²) in [6, 6.07) is 7.95. The molecule has 0 saturated heterocycles. The fourth-order valence-corrected chi connectivity index (χ4v) is 4.25. The van der Waals surface area contributed by atoms with E-state index in [1.54, 1.807) is 0 Å². The van der Waals surface area contributed by atoms with Gasteiger partial charge in [-0.3, -0.25) is 4.79 Å². The monoisotopic (exact) mass is 524 g/mol. The van der Waals surface area contributed by atoms with Gasteiger partial charge in [0.1, 0.15) is 5.56 Å². The van der Waals surface area contributed by atoms with Crippen LogP contribution in [0, 0.1) is 12.9 Å². The molecule has 0 unspecified atom stereocenters. The van der Waals surface area contributed by atoms with E-state index in [9.17, 15) is 30.8 Å². The number of hydrogen-bond acceptors (Lipinski definition) is 7. The molecule has 1 aliphatic rings. The number of sulfone groups is 1. The van der Waals surface area contributed by atoms with E-state index in [1.807, 2.05) is 6.92 Å². The fourth-order valence-electron chi connectivity index (χ4n) is 3.59. The number of alkyl halides is 3. The van der Waals surface area contributed by atoms with Crippen LogP contribution < -0.4 is 10.1 Å². The van der Waals surface area contributed by atoms with E-state index >= 15 is 0 Å². The highest BCUT2D eigenvalue weighted by atomic mass is 32.2. The number of ether oxygens (including phenoxy) is 1. The van der Waals surface area contributed by atoms with Gasteiger partial charge in [-0.15, -0.1) is 10.2 Å². The van der Waals surface area contributed by atoms with Crippen LogP contribution in [-0.2, 0) is 21.4 Å². The molecule has 1 aliphatic carbocycles. The Kier molecular flexibility index (Phi) is 6.23. The zero-order valence-corrected chi connectivity index (χ0v) is 20.1. The van der Waals surface area contributed by atoms with E-state index in [1.165, 1.54) is 30.3 Å². The first-order valence-electron chi connectivity index (χ1n) is 10.6. The Hall–Kier alpha value is -3.61. The number of rotatable bonds is 6. The topological polar surface area (TPSA) is 111 Å². The van der Waals surface area contributed by atoms with Gasteiger partial charge < -0.3 is 10.1 Å². The normalized spacial score (nSPS) is 14.9. The Labute approximate surface area is 203 Å². The summed E-state index contributed by atoms with van der Waals surface area (Å²) < 4.78 is 84.0. The summed E-state index contributed by atoms with van der Waals surface area (Å²) in [6.07, 6.45) is -2.37. The molecule has 0 spiro atoms. The predicted molar refractivity (Wildman–Crippen MR) is 120 cm³/mol. The van der Waals surface area contributed by atoms with Gasteiger partial charge in [0.25, 0.3) is 11.8 Å². The second-order valence-electron chi connectivity index (χ2n) is 8.76. The lowest BCUT2D eigenvalue weighted by Crippen LogP contribution is -2.21. The second kappa shape index (κ2) is 8.80. The van der Waals surface area contributed by atoms with Crippen LogP contribution in [0.4, 0.5) is 23.2 Å². The number of halogens is 4. The highest BCUT2D eigenvalue weighted by Crippen LogP contribution is 2.48. The van der Waals surface area contributed by atoms with Crippen LogP contribution in [0.25, 0.3) is 0 Å². The molecular formula is C23H20F4N4O4S. The van der Waals surface area contributed by atoms with Crippen LogP contribution >= 0.6 is 0 Å². The number of aromatic nitrogens is 3. The Morgan fingerprint density at radius 1 is 1.14 bits per heavy atom. The molecule has 4 rings (SSSR count). The maximum absolute atomic E-state index is 14.6.